The molecule has 0 unspecified atom stereocenters. The van der Waals surface area contributed by atoms with E-state index < -0.39 is 5.82 Å². The summed E-state index contributed by atoms with van der Waals surface area (Å²) in [6, 6.07) is 4.43. The van der Waals surface area contributed by atoms with Gasteiger partial charge in [0.05, 0.1) is 36.0 Å². The molecular formula is C27H31FN10O2. The molecule has 4 aromatic rings. The molecule has 5 N–H and O–H groups in total. The second-order valence-electron chi connectivity index (χ2n) is 10.1. The number of carbonyl (C=O) groups excluding carboxylic acids is 2. The molecule has 13 heteroatoms. The minimum absolute atomic E-state index is 0.0853. The lowest BCUT2D eigenvalue weighted by atomic mass is 10.1. The van der Waals surface area contributed by atoms with Crippen molar-refractivity contribution in [2.45, 2.75) is 18.8 Å². The van der Waals surface area contributed by atoms with E-state index in [-0.39, 0.29) is 29.6 Å². The number of aromatic nitrogens is 5. The maximum Gasteiger partial charge on any atom is 0.254 e. The SMILES string of the molecule is NCCNC(=O)CN1CCN(C(=O)c2ccc(Nc3nc(C4CC4)cn4c(-c5cn[nH]c5)cnc34)c(F)c2)CC1. The second kappa shape index (κ2) is 11.0. The van der Waals surface area contributed by atoms with Crippen LogP contribution in [0.3, 0.4) is 0 Å². The van der Waals surface area contributed by atoms with Crippen molar-refractivity contribution < 1.29 is 14.0 Å². The normalized spacial score (nSPS) is 15.9. The number of hydrogen-bond donors (Lipinski definition) is 4. The Labute approximate surface area is 229 Å². The van der Waals surface area contributed by atoms with Crippen molar-refractivity contribution in [3.05, 3.63) is 60.1 Å². The molecule has 2 fully saturated rings. The Kier molecular flexibility index (Phi) is 7.13. The third-order valence-electron chi connectivity index (χ3n) is 7.26. The van der Waals surface area contributed by atoms with E-state index >= 15 is 4.39 Å². The number of hydrogen-bond acceptors (Lipinski definition) is 8. The Morgan fingerprint density at radius 2 is 1.98 bits per heavy atom. The fourth-order valence-corrected chi connectivity index (χ4v) is 4.91. The number of piperazine rings is 1. The number of aromatic amines is 1. The summed E-state index contributed by atoms with van der Waals surface area (Å²) in [5.41, 5.74) is 9.12. The average molecular weight is 547 g/mol. The van der Waals surface area contributed by atoms with Crippen molar-refractivity contribution in [3.8, 4) is 11.3 Å². The number of rotatable bonds is 9. The molecule has 2 aliphatic rings. The summed E-state index contributed by atoms with van der Waals surface area (Å²) in [6.07, 6.45) is 9.38. The highest BCUT2D eigenvalue weighted by molar-refractivity contribution is 5.95. The monoisotopic (exact) mass is 546 g/mol. The number of carbonyl (C=O) groups is 2. The Balaban J connectivity index is 1.16. The Hall–Kier alpha value is -4.36. The molecule has 6 rings (SSSR count). The maximum atomic E-state index is 15.3. The van der Waals surface area contributed by atoms with Crippen LogP contribution in [0.25, 0.3) is 16.9 Å². The molecule has 2 amide bonds. The van der Waals surface area contributed by atoms with Crippen LogP contribution >= 0.6 is 0 Å². The van der Waals surface area contributed by atoms with E-state index in [1.165, 1.54) is 6.07 Å². The minimum atomic E-state index is -0.556. The zero-order valence-electron chi connectivity index (χ0n) is 21.9. The number of H-pyrrole nitrogens is 1. The highest BCUT2D eigenvalue weighted by atomic mass is 19.1. The van der Waals surface area contributed by atoms with E-state index in [1.54, 1.807) is 35.6 Å². The third-order valence-corrected chi connectivity index (χ3v) is 7.26. The van der Waals surface area contributed by atoms with Crippen LogP contribution in [-0.4, -0.2) is 92.0 Å². The Morgan fingerprint density at radius 1 is 1.15 bits per heavy atom. The van der Waals surface area contributed by atoms with Gasteiger partial charge in [0.2, 0.25) is 5.91 Å². The molecule has 1 saturated heterocycles. The number of nitrogens with one attached hydrogen (secondary N) is 3. The van der Waals surface area contributed by atoms with Crippen LogP contribution in [0.15, 0.2) is 43.0 Å². The van der Waals surface area contributed by atoms with Crippen molar-refractivity contribution in [3.63, 3.8) is 0 Å². The maximum absolute atomic E-state index is 15.3. The van der Waals surface area contributed by atoms with Crippen molar-refractivity contribution in [1.82, 2.24) is 39.7 Å². The average Bonchev–Trinajstić information content (AvgIpc) is 3.50. The third kappa shape index (κ3) is 5.38. The van der Waals surface area contributed by atoms with Gasteiger partial charge in [-0.2, -0.15) is 5.10 Å². The van der Waals surface area contributed by atoms with Crippen molar-refractivity contribution >= 4 is 29.0 Å². The van der Waals surface area contributed by atoms with Gasteiger partial charge in [0, 0.05) is 68.7 Å². The van der Waals surface area contributed by atoms with Gasteiger partial charge in [-0.05, 0) is 31.0 Å². The molecule has 208 valence electrons. The molecule has 0 spiro atoms. The summed E-state index contributed by atoms with van der Waals surface area (Å²) in [4.78, 5) is 38.0. The zero-order valence-corrected chi connectivity index (χ0v) is 21.9. The van der Waals surface area contributed by atoms with Gasteiger partial charge in [0.1, 0.15) is 5.82 Å². The molecular weight excluding hydrogens is 515 g/mol. The summed E-state index contributed by atoms with van der Waals surface area (Å²) in [7, 11) is 0. The van der Waals surface area contributed by atoms with E-state index in [1.807, 2.05) is 15.5 Å². The van der Waals surface area contributed by atoms with Crippen LogP contribution in [0.5, 0.6) is 0 Å². The summed E-state index contributed by atoms with van der Waals surface area (Å²) in [5, 5.41) is 12.7. The summed E-state index contributed by atoms with van der Waals surface area (Å²) in [6.45, 7) is 3.14. The first-order valence-electron chi connectivity index (χ1n) is 13.4. The number of fused-ring (bicyclic) bond motifs is 1. The van der Waals surface area contributed by atoms with Gasteiger partial charge in [0.25, 0.3) is 5.91 Å². The quantitative estimate of drug-likeness (QED) is 0.248. The fourth-order valence-electron chi connectivity index (χ4n) is 4.91. The van der Waals surface area contributed by atoms with Crippen LogP contribution in [-0.2, 0) is 4.79 Å². The number of nitrogens with zero attached hydrogens (tertiary/aromatic N) is 6. The van der Waals surface area contributed by atoms with E-state index in [9.17, 15) is 9.59 Å². The predicted octanol–water partition coefficient (Wildman–Crippen LogP) is 1.71. The van der Waals surface area contributed by atoms with Gasteiger partial charge in [-0.25, -0.2) is 14.4 Å². The first kappa shape index (κ1) is 25.9. The number of halogens is 1. The first-order valence-corrected chi connectivity index (χ1v) is 13.4. The Bertz CT molecular complexity index is 1520. The van der Waals surface area contributed by atoms with E-state index in [0.717, 1.165) is 29.8 Å². The van der Waals surface area contributed by atoms with Crippen LogP contribution in [0.1, 0.15) is 34.8 Å². The van der Waals surface area contributed by atoms with Gasteiger partial charge in [-0.1, -0.05) is 0 Å². The molecule has 0 radical (unpaired) electrons. The van der Waals surface area contributed by atoms with Gasteiger partial charge in [-0.3, -0.25) is 24.0 Å². The minimum Gasteiger partial charge on any atom is -0.354 e. The second-order valence-corrected chi connectivity index (χ2v) is 10.1. The van der Waals surface area contributed by atoms with E-state index in [4.69, 9.17) is 10.7 Å². The standard InChI is InChI=1S/C27H31FN10O2/c28-20-11-18(27(40)37-9-7-36(8-10-37)16-24(39)30-6-5-29)3-4-21(20)34-25-26-31-14-23(19-12-32-33-13-19)38(26)15-22(35-25)17-1-2-17/h3-4,11-15,17H,1-2,5-10,16,29H2,(H,30,39)(H,32,33)(H,34,35). The predicted molar refractivity (Wildman–Crippen MR) is 147 cm³/mol. The Morgan fingerprint density at radius 3 is 2.67 bits per heavy atom. The summed E-state index contributed by atoms with van der Waals surface area (Å²) < 4.78 is 17.3. The molecule has 1 aromatic carbocycles. The van der Waals surface area contributed by atoms with Crippen molar-refractivity contribution in [1.29, 1.82) is 0 Å². The molecule has 1 aliphatic carbocycles. The van der Waals surface area contributed by atoms with Crippen molar-refractivity contribution in [2.75, 3.05) is 51.1 Å². The number of anilines is 2. The van der Waals surface area contributed by atoms with Gasteiger partial charge < -0.3 is 21.3 Å². The number of amides is 2. The molecule has 0 bridgehead atoms. The lowest BCUT2D eigenvalue weighted by Crippen LogP contribution is -2.51. The van der Waals surface area contributed by atoms with Crippen LogP contribution in [0.2, 0.25) is 0 Å². The fraction of sp³-hybridized carbons (Fsp3) is 0.370. The van der Waals surface area contributed by atoms with Crippen LogP contribution < -0.4 is 16.4 Å². The smallest absolute Gasteiger partial charge is 0.254 e. The van der Waals surface area contributed by atoms with Crippen LogP contribution in [0, 0.1) is 5.82 Å². The zero-order chi connectivity index (χ0) is 27.6. The first-order chi connectivity index (χ1) is 19.5. The van der Waals surface area contributed by atoms with Crippen molar-refractivity contribution in [2.24, 2.45) is 5.73 Å². The number of nitrogens with two attached hydrogens (primary N) is 1. The molecule has 12 nitrogen and oxygen atoms in total. The molecule has 40 heavy (non-hydrogen) atoms. The lowest BCUT2D eigenvalue weighted by molar-refractivity contribution is -0.122. The lowest BCUT2D eigenvalue weighted by Gasteiger charge is -2.34. The highest BCUT2D eigenvalue weighted by Gasteiger charge is 2.28. The van der Waals surface area contributed by atoms with Gasteiger partial charge in [-0.15, -0.1) is 0 Å². The van der Waals surface area contributed by atoms with Crippen LogP contribution in [0.4, 0.5) is 15.9 Å². The topological polar surface area (TPSA) is 150 Å². The molecule has 1 saturated carbocycles. The molecule has 1 aliphatic heterocycles. The van der Waals surface area contributed by atoms with E-state index in [2.05, 4.69) is 25.8 Å². The summed E-state index contributed by atoms with van der Waals surface area (Å²) in [5.74, 6) is -0.0665. The van der Waals surface area contributed by atoms with Gasteiger partial charge in [0.15, 0.2) is 11.5 Å². The van der Waals surface area contributed by atoms with Gasteiger partial charge >= 0.3 is 0 Å². The molecule has 0 atom stereocenters. The number of benzene rings is 1. The highest BCUT2D eigenvalue weighted by Crippen LogP contribution is 2.40. The molecule has 3 aromatic heterocycles. The largest absolute Gasteiger partial charge is 0.354 e. The number of imidazole rings is 1. The molecule has 4 heterocycles. The summed E-state index contributed by atoms with van der Waals surface area (Å²) >= 11 is 0. The van der Waals surface area contributed by atoms with E-state index in [0.29, 0.717) is 56.7 Å².